The van der Waals surface area contributed by atoms with Gasteiger partial charge >= 0.3 is 0 Å². The third-order valence-electron chi connectivity index (χ3n) is 8.41. The molecule has 4 heterocycles. The maximum absolute atomic E-state index is 13.9. The van der Waals surface area contributed by atoms with Crippen LogP contribution in [0.4, 0.5) is 5.69 Å². The fourth-order valence-corrected chi connectivity index (χ4v) is 7.80. The van der Waals surface area contributed by atoms with Crippen molar-refractivity contribution in [2.45, 2.75) is 43.4 Å². The molecule has 6 rings (SSSR count). The van der Waals surface area contributed by atoms with Gasteiger partial charge in [-0.3, -0.25) is 14.5 Å². The average molecular weight is 662 g/mol. The molecule has 236 valence electrons. The number of aromatic amines is 1. The maximum atomic E-state index is 13.9. The van der Waals surface area contributed by atoms with Crippen LogP contribution in [0.15, 0.2) is 41.3 Å². The molecule has 0 radical (unpaired) electrons. The number of hydrogen-bond acceptors (Lipinski definition) is 5. The van der Waals surface area contributed by atoms with E-state index in [-0.39, 0.29) is 28.8 Å². The van der Waals surface area contributed by atoms with Gasteiger partial charge in [-0.2, -0.15) is 0 Å². The molecule has 0 unspecified atom stereocenters. The first kappa shape index (κ1) is 34.1. The lowest BCUT2D eigenvalue weighted by atomic mass is 10.0. The van der Waals surface area contributed by atoms with E-state index in [9.17, 15) is 9.59 Å². The van der Waals surface area contributed by atoms with Crippen LogP contribution in [0, 0.1) is 13.8 Å². The lowest BCUT2D eigenvalue weighted by molar-refractivity contribution is -0.110. The first-order valence-corrected chi connectivity index (χ1v) is 16.1. The number of thioether (sulfide) groups is 1. The van der Waals surface area contributed by atoms with E-state index < -0.39 is 0 Å². The second kappa shape index (κ2) is 14.5. The van der Waals surface area contributed by atoms with E-state index in [0.29, 0.717) is 26.9 Å². The molecule has 2 aromatic carbocycles. The van der Waals surface area contributed by atoms with Crippen molar-refractivity contribution in [1.29, 1.82) is 0 Å². The molecule has 3 aliphatic heterocycles. The summed E-state index contributed by atoms with van der Waals surface area (Å²) in [6.45, 7) is 8.88. The minimum atomic E-state index is -0.161. The number of halogens is 2. The van der Waals surface area contributed by atoms with E-state index in [1.54, 1.807) is 11.8 Å². The van der Waals surface area contributed by atoms with Crippen LogP contribution in [0.2, 0.25) is 10.0 Å². The lowest BCUT2D eigenvalue weighted by Gasteiger charge is -2.33. The highest BCUT2D eigenvalue weighted by molar-refractivity contribution is 7.98. The fraction of sp³-hybridized carbons (Fsp3) is 0.375. The van der Waals surface area contributed by atoms with Crippen LogP contribution < -0.4 is 5.32 Å². The number of morpholine rings is 1. The summed E-state index contributed by atoms with van der Waals surface area (Å²) in [5.41, 5.74) is 6.22. The van der Waals surface area contributed by atoms with Gasteiger partial charge in [0.2, 0.25) is 0 Å². The topological polar surface area (TPSA) is 141 Å². The minimum Gasteiger partial charge on any atom is -0.412 e. The van der Waals surface area contributed by atoms with Gasteiger partial charge in [0.1, 0.15) is 0 Å². The molecule has 3 aliphatic rings. The summed E-state index contributed by atoms with van der Waals surface area (Å²) in [6, 6.07) is 11.6. The second-order valence-corrected chi connectivity index (χ2v) is 12.9. The number of likely N-dealkylation sites (tertiary alicyclic amines) is 1. The summed E-state index contributed by atoms with van der Waals surface area (Å²) < 4.78 is 5.50. The van der Waals surface area contributed by atoms with E-state index in [4.69, 9.17) is 27.9 Å². The molecule has 12 heteroatoms. The largest absolute Gasteiger partial charge is 0.412 e. The molecule has 0 spiro atoms. The predicted molar refractivity (Wildman–Crippen MR) is 178 cm³/mol. The van der Waals surface area contributed by atoms with Crippen molar-refractivity contribution in [3.8, 4) is 0 Å². The molecule has 6 N–H and O–H groups in total. The highest BCUT2D eigenvalue weighted by Gasteiger charge is 2.34. The van der Waals surface area contributed by atoms with Crippen LogP contribution in [0.5, 0.6) is 0 Å². The van der Waals surface area contributed by atoms with Gasteiger partial charge in [-0.05, 0) is 74.2 Å². The summed E-state index contributed by atoms with van der Waals surface area (Å²) in [4.78, 5) is 35.8. The fourth-order valence-electron chi connectivity index (χ4n) is 6.13. The Balaban J connectivity index is 0.00000221. The van der Waals surface area contributed by atoms with Gasteiger partial charge in [0.05, 0.1) is 24.4 Å². The molecule has 9 nitrogen and oxygen atoms in total. The predicted octanol–water partition coefficient (Wildman–Crippen LogP) is 5.01. The molecular weight excluding hydrogens is 623 g/mol. The summed E-state index contributed by atoms with van der Waals surface area (Å²) in [5, 5.41) is 4.25. The number of aryl methyl sites for hydroxylation is 1. The first-order valence-electron chi connectivity index (χ1n) is 14.3. The zero-order valence-corrected chi connectivity index (χ0v) is 27.1. The number of anilines is 1. The van der Waals surface area contributed by atoms with Crippen molar-refractivity contribution < 1.29 is 25.3 Å². The Labute approximate surface area is 271 Å². The highest BCUT2D eigenvalue weighted by Crippen LogP contribution is 2.39. The van der Waals surface area contributed by atoms with E-state index in [1.807, 2.05) is 61.2 Å². The highest BCUT2D eigenvalue weighted by atomic mass is 35.5. The van der Waals surface area contributed by atoms with Crippen LogP contribution in [0.1, 0.15) is 51.3 Å². The number of nitrogens with one attached hydrogen (secondary N) is 2. The van der Waals surface area contributed by atoms with Crippen LogP contribution in [0.3, 0.4) is 0 Å². The molecule has 1 atom stereocenters. The number of hydrogen-bond donors (Lipinski definition) is 2. The third kappa shape index (κ3) is 6.87. The average Bonchev–Trinajstić information content (AvgIpc) is 3.64. The molecule has 0 bridgehead atoms. The zero-order chi connectivity index (χ0) is 29.4. The Bertz CT molecular complexity index is 1550. The number of rotatable bonds is 7. The van der Waals surface area contributed by atoms with Crippen LogP contribution >= 0.6 is 35.0 Å². The molecule has 2 amide bonds. The summed E-state index contributed by atoms with van der Waals surface area (Å²) in [6.07, 6.45) is 3.90. The van der Waals surface area contributed by atoms with Gasteiger partial charge in [0.25, 0.3) is 11.8 Å². The van der Waals surface area contributed by atoms with Gasteiger partial charge in [0, 0.05) is 75.6 Å². The number of benzene rings is 2. The quantitative estimate of drug-likeness (QED) is 0.271. The van der Waals surface area contributed by atoms with Crippen molar-refractivity contribution in [2.24, 2.45) is 0 Å². The third-order valence-corrected chi connectivity index (χ3v) is 10.1. The molecular formula is C32H38Cl2N4O5S. The number of fused-ring (bicyclic) bond motifs is 1. The molecule has 2 fully saturated rings. The SMILES string of the molecule is Cc1[nH]c(/C=C2\C(=O)Nc3ccc(SCc4c(Cl)cccc4Cl)cc32)c(C)c1C(=O)N1CCC[C@H]1CN1CCOCC1.O.O. The number of carbonyl (C=O) groups excluding carboxylic acids is 2. The number of carbonyl (C=O) groups is 2. The first-order chi connectivity index (χ1) is 20.3. The van der Waals surface area contributed by atoms with Gasteiger partial charge in [-0.15, -0.1) is 11.8 Å². The van der Waals surface area contributed by atoms with Gasteiger partial charge in [-0.1, -0.05) is 29.3 Å². The Morgan fingerprint density at radius 1 is 1.09 bits per heavy atom. The maximum Gasteiger partial charge on any atom is 0.256 e. The van der Waals surface area contributed by atoms with Crippen molar-refractivity contribution in [3.05, 3.63) is 80.1 Å². The molecule has 44 heavy (non-hydrogen) atoms. The molecule has 0 saturated carbocycles. The Kier molecular flexibility index (Phi) is 11.2. The Morgan fingerprint density at radius 2 is 1.82 bits per heavy atom. The lowest BCUT2D eigenvalue weighted by Crippen LogP contribution is -2.46. The minimum absolute atomic E-state index is 0. The van der Waals surface area contributed by atoms with Gasteiger partial charge in [0.15, 0.2) is 0 Å². The normalized spacial score (nSPS) is 19.0. The molecule has 0 aliphatic carbocycles. The van der Waals surface area contributed by atoms with E-state index in [0.717, 1.165) is 90.9 Å². The van der Waals surface area contributed by atoms with E-state index >= 15 is 0 Å². The van der Waals surface area contributed by atoms with Gasteiger partial charge in [-0.25, -0.2) is 0 Å². The van der Waals surface area contributed by atoms with E-state index in [2.05, 4.69) is 15.2 Å². The van der Waals surface area contributed by atoms with Crippen LogP contribution in [-0.4, -0.2) is 83.0 Å². The van der Waals surface area contributed by atoms with Crippen LogP contribution in [-0.2, 0) is 15.3 Å². The standard InChI is InChI=1S/C32H34Cl2N4O3S.2H2O/c1-19-29(35-20(2)30(19)32(40)38-10-4-5-21(38)17-37-11-13-41-14-12-37)16-24-23-15-22(8-9-28(23)36-31(24)39)42-18-25-26(33)6-3-7-27(25)34;;/h3,6-9,15-16,21,35H,4-5,10-14,17-18H2,1-2H3,(H,36,39);2*1H2/b24-16-;;/t21-;;/m0../s1. The number of ether oxygens (including phenoxy) is 1. The number of aromatic nitrogens is 1. The van der Waals surface area contributed by atoms with Crippen LogP contribution in [0.25, 0.3) is 11.6 Å². The molecule has 1 aromatic heterocycles. The molecule has 3 aromatic rings. The summed E-state index contributed by atoms with van der Waals surface area (Å²) in [5.74, 6) is 0.516. The Morgan fingerprint density at radius 3 is 2.55 bits per heavy atom. The summed E-state index contributed by atoms with van der Waals surface area (Å²) >= 11 is 14.4. The van der Waals surface area contributed by atoms with Crippen molar-refractivity contribution in [1.82, 2.24) is 14.8 Å². The number of H-pyrrole nitrogens is 1. The summed E-state index contributed by atoms with van der Waals surface area (Å²) in [7, 11) is 0. The number of nitrogens with zero attached hydrogens (tertiary/aromatic N) is 2. The van der Waals surface area contributed by atoms with E-state index in [1.165, 1.54) is 0 Å². The zero-order valence-electron chi connectivity index (χ0n) is 24.8. The Hall–Kier alpha value is -2.83. The monoisotopic (exact) mass is 660 g/mol. The number of amides is 2. The molecule has 2 saturated heterocycles. The second-order valence-electron chi connectivity index (χ2n) is 11.1. The van der Waals surface area contributed by atoms with Gasteiger partial charge < -0.3 is 30.9 Å². The van der Waals surface area contributed by atoms with Crippen molar-refractivity contribution >= 4 is 64.1 Å². The van der Waals surface area contributed by atoms with Crippen molar-refractivity contribution in [3.63, 3.8) is 0 Å². The smallest absolute Gasteiger partial charge is 0.256 e. The van der Waals surface area contributed by atoms with Crippen molar-refractivity contribution in [2.75, 3.05) is 44.7 Å².